The zero-order chi connectivity index (χ0) is 14.6. The lowest BCUT2D eigenvalue weighted by Gasteiger charge is -2.10. The highest BCUT2D eigenvalue weighted by atomic mass is 16.5. The Kier molecular flexibility index (Phi) is 7.96. The van der Waals surface area contributed by atoms with E-state index in [1.165, 1.54) is 0 Å². The van der Waals surface area contributed by atoms with Gasteiger partial charge in [-0.2, -0.15) is 0 Å². The molecular weight excluding hydrogens is 250 g/mol. The van der Waals surface area contributed by atoms with Gasteiger partial charge in [0.15, 0.2) is 5.96 Å². The first-order valence-corrected chi connectivity index (χ1v) is 7.06. The van der Waals surface area contributed by atoms with E-state index in [1.807, 2.05) is 25.1 Å². The summed E-state index contributed by atoms with van der Waals surface area (Å²) in [5.74, 6) is 1.71. The second-order valence-corrected chi connectivity index (χ2v) is 4.33. The third kappa shape index (κ3) is 6.27. The largest absolute Gasteiger partial charge is 0.497 e. The molecular formula is C16H25N3O. The molecule has 0 bridgehead atoms. The van der Waals surface area contributed by atoms with Crippen molar-refractivity contribution in [3.8, 4) is 5.75 Å². The maximum absolute atomic E-state index is 5.21. The first-order valence-electron chi connectivity index (χ1n) is 7.06. The Balaban J connectivity index is 2.56. The van der Waals surface area contributed by atoms with Crippen molar-refractivity contribution in [1.29, 1.82) is 0 Å². The summed E-state index contributed by atoms with van der Waals surface area (Å²) in [6.45, 7) is 6.47. The van der Waals surface area contributed by atoms with Crippen LogP contribution in [-0.2, 0) is 6.54 Å². The number of nitrogens with one attached hydrogen (secondary N) is 2. The topological polar surface area (TPSA) is 45.7 Å². The lowest BCUT2D eigenvalue weighted by atomic mass is 10.2. The van der Waals surface area contributed by atoms with E-state index >= 15 is 0 Å². The summed E-state index contributed by atoms with van der Waals surface area (Å²) in [7, 11) is 1.68. The zero-order valence-electron chi connectivity index (χ0n) is 12.6. The molecule has 0 atom stereocenters. The van der Waals surface area contributed by atoms with Crippen molar-refractivity contribution in [3.63, 3.8) is 0 Å². The molecule has 20 heavy (non-hydrogen) atoms. The van der Waals surface area contributed by atoms with Crippen LogP contribution in [0.1, 0.15) is 25.8 Å². The molecule has 0 saturated heterocycles. The van der Waals surface area contributed by atoms with E-state index in [9.17, 15) is 0 Å². The Morgan fingerprint density at radius 2 is 2.20 bits per heavy atom. The summed E-state index contributed by atoms with van der Waals surface area (Å²) < 4.78 is 5.21. The normalized spacial score (nSPS) is 11.7. The first kappa shape index (κ1) is 16.1. The fourth-order valence-electron chi connectivity index (χ4n) is 1.72. The third-order valence-electron chi connectivity index (χ3n) is 2.74. The minimum atomic E-state index is 0.635. The van der Waals surface area contributed by atoms with E-state index in [-0.39, 0.29) is 0 Å². The van der Waals surface area contributed by atoms with Gasteiger partial charge >= 0.3 is 0 Å². The van der Waals surface area contributed by atoms with Crippen LogP contribution in [-0.4, -0.2) is 26.2 Å². The average molecular weight is 275 g/mol. The van der Waals surface area contributed by atoms with Crippen LogP contribution in [0.5, 0.6) is 5.75 Å². The van der Waals surface area contributed by atoms with Gasteiger partial charge in [0, 0.05) is 13.1 Å². The molecule has 1 rings (SSSR count). The molecule has 4 heteroatoms. The van der Waals surface area contributed by atoms with Crippen LogP contribution in [0.3, 0.4) is 0 Å². The number of allylic oxidation sites excluding steroid dienone is 1. The molecule has 1 aromatic rings. The van der Waals surface area contributed by atoms with Gasteiger partial charge in [0.2, 0.25) is 0 Å². The summed E-state index contributed by atoms with van der Waals surface area (Å²) in [4.78, 5) is 4.57. The van der Waals surface area contributed by atoms with E-state index in [0.717, 1.165) is 36.8 Å². The van der Waals surface area contributed by atoms with E-state index in [4.69, 9.17) is 4.74 Å². The quantitative estimate of drug-likeness (QED) is 0.348. The van der Waals surface area contributed by atoms with Crippen LogP contribution in [0.2, 0.25) is 0 Å². The summed E-state index contributed by atoms with van der Waals surface area (Å²) in [5, 5.41) is 6.55. The molecule has 0 aromatic heterocycles. The Bertz CT molecular complexity index is 441. The number of hydrogen-bond donors (Lipinski definition) is 2. The van der Waals surface area contributed by atoms with Crippen LogP contribution < -0.4 is 15.4 Å². The maximum Gasteiger partial charge on any atom is 0.191 e. The fraction of sp³-hybridized carbons (Fsp3) is 0.438. The summed E-state index contributed by atoms with van der Waals surface area (Å²) in [6.07, 6.45) is 5.20. The lowest BCUT2D eigenvalue weighted by Crippen LogP contribution is -2.37. The smallest absolute Gasteiger partial charge is 0.191 e. The second-order valence-electron chi connectivity index (χ2n) is 4.33. The number of benzene rings is 1. The molecule has 0 aliphatic rings. The SMILES string of the molecule is CC=CCCNC(=NCc1cccc(OC)c1)NCC. The van der Waals surface area contributed by atoms with Crippen LogP contribution in [0.4, 0.5) is 0 Å². The first-order chi connectivity index (χ1) is 9.80. The van der Waals surface area contributed by atoms with Crippen LogP contribution >= 0.6 is 0 Å². The number of aliphatic imine (C=N–C) groups is 1. The summed E-state index contributed by atoms with van der Waals surface area (Å²) in [6, 6.07) is 7.98. The molecule has 0 radical (unpaired) electrons. The lowest BCUT2D eigenvalue weighted by molar-refractivity contribution is 0.414. The van der Waals surface area contributed by atoms with Gasteiger partial charge in [-0.3, -0.25) is 0 Å². The Morgan fingerprint density at radius 1 is 1.35 bits per heavy atom. The van der Waals surface area contributed by atoms with Crippen LogP contribution in [0.15, 0.2) is 41.4 Å². The second kappa shape index (κ2) is 9.89. The predicted molar refractivity (Wildman–Crippen MR) is 85.2 cm³/mol. The van der Waals surface area contributed by atoms with Crippen molar-refractivity contribution in [2.24, 2.45) is 4.99 Å². The van der Waals surface area contributed by atoms with Gasteiger partial charge in [-0.15, -0.1) is 0 Å². The molecule has 0 heterocycles. The molecule has 0 fully saturated rings. The van der Waals surface area contributed by atoms with Crippen molar-refractivity contribution < 1.29 is 4.74 Å². The standard InChI is InChI=1S/C16H25N3O/c1-4-6-7-11-18-16(17-5-2)19-13-14-9-8-10-15(12-14)20-3/h4,6,8-10,12H,5,7,11,13H2,1-3H3,(H2,17,18,19). The number of guanidine groups is 1. The molecule has 0 aliphatic heterocycles. The number of ether oxygens (including phenoxy) is 1. The Hall–Kier alpha value is -1.97. The molecule has 1 aromatic carbocycles. The Labute approximate surface area is 121 Å². The number of nitrogens with zero attached hydrogens (tertiary/aromatic N) is 1. The number of methoxy groups -OCH3 is 1. The van der Waals surface area contributed by atoms with Gasteiger partial charge in [0.1, 0.15) is 5.75 Å². The molecule has 2 N–H and O–H groups in total. The van der Waals surface area contributed by atoms with Crippen molar-refractivity contribution in [3.05, 3.63) is 42.0 Å². The fourth-order valence-corrected chi connectivity index (χ4v) is 1.72. The van der Waals surface area contributed by atoms with Crippen molar-refractivity contribution in [2.75, 3.05) is 20.2 Å². The van der Waals surface area contributed by atoms with E-state index < -0.39 is 0 Å². The molecule has 0 saturated carbocycles. The molecule has 0 spiro atoms. The van der Waals surface area contributed by atoms with Crippen molar-refractivity contribution in [2.45, 2.75) is 26.8 Å². The van der Waals surface area contributed by atoms with Crippen LogP contribution in [0, 0.1) is 0 Å². The van der Waals surface area contributed by atoms with Gasteiger partial charge in [0.05, 0.1) is 13.7 Å². The minimum absolute atomic E-state index is 0.635. The van der Waals surface area contributed by atoms with Gasteiger partial charge in [-0.1, -0.05) is 24.3 Å². The maximum atomic E-state index is 5.21. The Morgan fingerprint density at radius 3 is 2.90 bits per heavy atom. The highest BCUT2D eigenvalue weighted by Gasteiger charge is 1.98. The highest BCUT2D eigenvalue weighted by molar-refractivity contribution is 5.79. The van der Waals surface area contributed by atoms with Crippen molar-refractivity contribution >= 4 is 5.96 Å². The summed E-state index contributed by atoms with van der Waals surface area (Å²) >= 11 is 0. The minimum Gasteiger partial charge on any atom is -0.497 e. The van der Waals surface area contributed by atoms with Gasteiger partial charge < -0.3 is 15.4 Å². The van der Waals surface area contributed by atoms with E-state index in [1.54, 1.807) is 7.11 Å². The monoisotopic (exact) mass is 275 g/mol. The molecule has 110 valence electrons. The van der Waals surface area contributed by atoms with Gasteiger partial charge in [-0.25, -0.2) is 4.99 Å². The number of rotatable bonds is 7. The summed E-state index contributed by atoms with van der Waals surface area (Å²) in [5.41, 5.74) is 1.13. The van der Waals surface area contributed by atoms with E-state index in [2.05, 4.69) is 40.8 Å². The molecule has 0 amide bonds. The molecule has 0 aliphatic carbocycles. The molecule has 4 nitrogen and oxygen atoms in total. The number of hydrogen-bond acceptors (Lipinski definition) is 2. The molecule has 0 unspecified atom stereocenters. The highest BCUT2D eigenvalue weighted by Crippen LogP contribution is 2.12. The van der Waals surface area contributed by atoms with Crippen LogP contribution in [0.25, 0.3) is 0 Å². The van der Waals surface area contributed by atoms with Gasteiger partial charge in [0.25, 0.3) is 0 Å². The van der Waals surface area contributed by atoms with Crippen molar-refractivity contribution in [1.82, 2.24) is 10.6 Å². The van der Waals surface area contributed by atoms with E-state index in [0.29, 0.717) is 6.54 Å². The van der Waals surface area contributed by atoms with Gasteiger partial charge in [-0.05, 0) is 38.0 Å². The zero-order valence-corrected chi connectivity index (χ0v) is 12.6. The predicted octanol–water partition coefficient (Wildman–Crippen LogP) is 2.72. The third-order valence-corrected chi connectivity index (χ3v) is 2.74. The average Bonchev–Trinajstić information content (AvgIpc) is 2.49.